The average molecular weight is 465 g/mol. The molecule has 0 fully saturated rings. The average Bonchev–Trinajstić information content (AvgIpc) is 2.91. The van der Waals surface area contributed by atoms with Crippen molar-refractivity contribution in [3.8, 4) is 0 Å². The lowest BCUT2D eigenvalue weighted by molar-refractivity contribution is -0.385. The van der Waals surface area contributed by atoms with Crippen LogP contribution in [0.4, 0.5) is 11.4 Å². The lowest BCUT2D eigenvalue weighted by Crippen LogP contribution is -2.21. The maximum atomic E-state index is 12.8. The largest absolute Gasteiger partial charge is 0.478 e. The van der Waals surface area contributed by atoms with Crippen molar-refractivity contribution in [2.75, 3.05) is 5.01 Å². The van der Waals surface area contributed by atoms with E-state index >= 15 is 0 Å². The zero-order valence-electron chi connectivity index (χ0n) is 14.2. The summed E-state index contributed by atoms with van der Waals surface area (Å²) in [6.07, 6.45) is 1.49. The molecule has 1 aliphatic heterocycles. The molecule has 142 valence electrons. The van der Waals surface area contributed by atoms with Crippen LogP contribution in [-0.4, -0.2) is 27.6 Å². The van der Waals surface area contributed by atoms with Gasteiger partial charge in [0, 0.05) is 6.07 Å². The maximum Gasteiger partial charge on any atom is 0.337 e. The van der Waals surface area contributed by atoms with Gasteiger partial charge in [-0.1, -0.05) is 17.7 Å². The molecule has 0 radical (unpaired) electrons. The Balaban J connectivity index is 1.99. The summed E-state index contributed by atoms with van der Waals surface area (Å²) in [5.41, 5.74) is 1.05. The molecule has 2 aromatic rings. The molecule has 0 saturated carbocycles. The molecule has 3 rings (SSSR count). The van der Waals surface area contributed by atoms with Gasteiger partial charge in [-0.3, -0.25) is 14.9 Å². The Hall–Kier alpha value is -3.04. The van der Waals surface area contributed by atoms with Crippen LogP contribution < -0.4 is 5.01 Å². The minimum Gasteiger partial charge on any atom is -0.478 e. The molecule has 1 amide bonds. The van der Waals surface area contributed by atoms with Crippen molar-refractivity contribution in [3.63, 3.8) is 0 Å². The van der Waals surface area contributed by atoms with E-state index in [2.05, 4.69) is 21.0 Å². The monoisotopic (exact) mass is 463 g/mol. The van der Waals surface area contributed by atoms with E-state index in [4.69, 9.17) is 11.6 Å². The van der Waals surface area contributed by atoms with Gasteiger partial charge in [-0.05, 0) is 58.8 Å². The van der Waals surface area contributed by atoms with Crippen LogP contribution in [-0.2, 0) is 4.79 Å². The van der Waals surface area contributed by atoms with E-state index in [9.17, 15) is 24.8 Å². The first-order valence-corrected chi connectivity index (χ1v) is 8.94. The predicted molar refractivity (Wildman–Crippen MR) is 108 cm³/mol. The first-order chi connectivity index (χ1) is 13.2. The molecule has 0 spiro atoms. The van der Waals surface area contributed by atoms with Crippen LogP contribution in [0.3, 0.4) is 0 Å². The first kappa shape index (κ1) is 19.7. The van der Waals surface area contributed by atoms with Crippen LogP contribution >= 0.6 is 27.5 Å². The van der Waals surface area contributed by atoms with Gasteiger partial charge in [-0.15, -0.1) is 0 Å². The fourth-order valence-electron chi connectivity index (χ4n) is 2.59. The standard InChI is InChI=1S/C18H11BrClN3O5/c1-9-12(6-10-2-4-14(19)16(7-10)23(27)28)17(24)22(21-9)11-3-5-15(20)13(8-11)18(25)26/h2-8H,1H3,(H,25,26)/b12-6+. The summed E-state index contributed by atoms with van der Waals surface area (Å²) in [4.78, 5) is 34.6. The number of aromatic carboxylic acids is 1. The van der Waals surface area contributed by atoms with Gasteiger partial charge in [0.1, 0.15) is 0 Å². The molecule has 1 heterocycles. The van der Waals surface area contributed by atoms with Crippen molar-refractivity contribution in [1.82, 2.24) is 0 Å². The van der Waals surface area contributed by atoms with Gasteiger partial charge in [0.05, 0.1) is 37.0 Å². The fraction of sp³-hybridized carbons (Fsp3) is 0.0556. The quantitative estimate of drug-likeness (QED) is 0.406. The normalized spacial score (nSPS) is 15.1. The fourth-order valence-corrected chi connectivity index (χ4v) is 3.18. The van der Waals surface area contributed by atoms with Crippen LogP contribution in [0.2, 0.25) is 5.02 Å². The van der Waals surface area contributed by atoms with Gasteiger partial charge in [0.25, 0.3) is 11.6 Å². The third kappa shape index (κ3) is 3.67. The van der Waals surface area contributed by atoms with Crippen molar-refractivity contribution >= 4 is 62.6 Å². The minimum atomic E-state index is -1.22. The SMILES string of the molecule is CC1=NN(c2ccc(Cl)c(C(=O)O)c2)C(=O)/C1=C/c1ccc(Br)c([N+](=O)[O-])c1. The minimum absolute atomic E-state index is 0.0431. The number of halogens is 2. The Morgan fingerprint density at radius 3 is 2.68 bits per heavy atom. The molecule has 1 N–H and O–H groups in total. The van der Waals surface area contributed by atoms with E-state index in [1.807, 2.05) is 0 Å². The van der Waals surface area contributed by atoms with Gasteiger partial charge in [-0.25, -0.2) is 4.79 Å². The van der Waals surface area contributed by atoms with Crippen LogP contribution in [0.25, 0.3) is 6.08 Å². The molecular formula is C18H11BrClN3O5. The Kier molecular flexibility index (Phi) is 5.30. The lowest BCUT2D eigenvalue weighted by atomic mass is 10.1. The lowest BCUT2D eigenvalue weighted by Gasteiger charge is -2.13. The highest BCUT2D eigenvalue weighted by molar-refractivity contribution is 9.10. The van der Waals surface area contributed by atoms with E-state index in [1.54, 1.807) is 13.0 Å². The van der Waals surface area contributed by atoms with E-state index < -0.39 is 16.8 Å². The van der Waals surface area contributed by atoms with Gasteiger partial charge < -0.3 is 5.11 Å². The number of nitro benzene ring substituents is 1. The topological polar surface area (TPSA) is 113 Å². The zero-order valence-corrected chi connectivity index (χ0v) is 16.6. The third-order valence-corrected chi connectivity index (χ3v) is 4.97. The van der Waals surface area contributed by atoms with Crippen molar-refractivity contribution in [1.29, 1.82) is 0 Å². The molecule has 8 nitrogen and oxygen atoms in total. The van der Waals surface area contributed by atoms with Crippen LogP contribution in [0.5, 0.6) is 0 Å². The summed E-state index contributed by atoms with van der Waals surface area (Å²) in [6.45, 7) is 1.62. The second-order valence-electron chi connectivity index (χ2n) is 5.80. The second kappa shape index (κ2) is 7.53. The Labute approximate surface area is 172 Å². The van der Waals surface area contributed by atoms with E-state index in [1.165, 1.54) is 36.4 Å². The highest BCUT2D eigenvalue weighted by Crippen LogP contribution is 2.30. The van der Waals surface area contributed by atoms with E-state index in [0.29, 0.717) is 15.7 Å². The second-order valence-corrected chi connectivity index (χ2v) is 7.06. The van der Waals surface area contributed by atoms with Crippen molar-refractivity contribution in [3.05, 3.63) is 72.7 Å². The van der Waals surface area contributed by atoms with Gasteiger partial charge in [0.2, 0.25) is 0 Å². The van der Waals surface area contributed by atoms with Crippen molar-refractivity contribution < 1.29 is 19.6 Å². The van der Waals surface area contributed by atoms with E-state index in [0.717, 1.165) is 5.01 Å². The molecule has 0 bridgehead atoms. The summed E-state index contributed by atoms with van der Waals surface area (Å²) in [7, 11) is 0. The molecule has 2 aromatic carbocycles. The number of nitrogens with zero attached hydrogens (tertiary/aromatic N) is 3. The number of carbonyl (C=O) groups is 2. The molecule has 28 heavy (non-hydrogen) atoms. The Morgan fingerprint density at radius 2 is 2.04 bits per heavy atom. The summed E-state index contributed by atoms with van der Waals surface area (Å²) in [5, 5.41) is 25.6. The number of rotatable bonds is 4. The highest BCUT2D eigenvalue weighted by Gasteiger charge is 2.29. The Morgan fingerprint density at radius 1 is 1.32 bits per heavy atom. The highest BCUT2D eigenvalue weighted by atomic mass is 79.9. The van der Waals surface area contributed by atoms with Crippen molar-refractivity contribution in [2.24, 2.45) is 5.10 Å². The molecule has 0 saturated heterocycles. The molecular weight excluding hydrogens is 454 g/mol. The molecule has 1 aliphatic rings. The number of hydrazone groups is 1. The maximum absolute atomic E-state index is 12.8. The van der Waals surface area contributed by atoms with Crippen molar-refractivity contribution in [2.45, 2.75) is 6.92 Å². The number of carboxylic acids is 1. The number of hydrogen-bond donors (Lipinski definition) is 1. The number of hydrogen-bond acceptors (Lipinski definition) is 5. The number of nitro groups is 1. The molecule has 10 heteroatoms. The van der Waals surface area contributed by atoms with Crippen LogP contribution in [0.1, 0.15) is 22.8 Å². The number of carbonyl (C=O) groups excluding carboxylic acids is 1. The summed E-state index contributed by atoms with van der Waals surface area (Å²) < 4.78 is 0.326. The Bertz CT molecular complexity index is 1100. The predicted octanol–water partition coefficient (Wildman–Crippen LogP) is 4.52. The smallest absolute Gasteiger partial charge is 0.337 e. The molecule has 0 aliphatic carbocycles. The van der Waals surface area contributed by atoms with Gasteiger partial charge in [0.15, 0.2) is 0 Å². The first-order valence-electron chi connectivity index (χ1n) is 7.77. The summed E-state index contributed by atoms with van der Waals surface area (Å²) in [5.74, 6) is -1.71. The molecule has 0 atom stereocenters. The number of anilines is 1. The summed E-state index contributed by atoms with van der Waals surface area (Å²) >= 11 is 8.97. The van der Waals surface area contributed by atoms with Gasteiger partial charge in [-0.2, -0.15) is 10.1 Å². The number of carboxylic acid groups (broad SMARTS) is 1. The number of benzene rings is 2. The third-order valence-electron chi connectivity index (χ3n) is 3.97. The molecule has 0 aromatic heterocycles. The molecule has 0 unspecified atom stereocenters. The van der Waals surface area contributed by atoms with Gasteiger partial charge >= 0.3 is 5.97 Å². The summed E-state index contributed by atoms with van der Waals surface area (Å²) in [6, 6.07) is 8.59. The number of amides is 1. The zero-order chi connectivity index (χ0) is 20.6. The van der Waals surface area contributed by atoms with Crippen LogP contribution in [0, 0.1) is 10.1 Å². The van der Waals surface area contributed by atoms with Crippen LogP contribution in [0.15, 0.2) is 51.5 Å². The van der Waals surface area contributed by atoms with E-state index in [-0.39, 0.29) is 27.5 Å².